The summed E-state index contributed by atoms with van der Waals surface area (Å²) in [6.45, 7) is 6.07. The van der Waals surface area contributed by atoms with Crippen molar-refractivity contribution in [3.8, 4) is 0 Å². The Hall–Kier alpha value is -1.75. The average molecular weight is 517 g/mol. The Morgan fingerprint density at radius 1 is 1.06 bits per heavy atom. The smallest absolute Gasteiger partial charge is 0.240 e. The molecule has 0 saturated carbocycles. The van der Waals surface area contributed by atoms with Crippen molar-refractivity contribution >= 4 is 44.8 Å². The van der Waals surface area contributed by atoms with Crippen molar-refractivity contribution in [1.29, 1.82) is 0 Å². The van der Waals surface area contributed by atoms with Gasteiger partial charge in [-0.05, 0) is 43.3 Å². The zero-order valence-electron chi connectivity index (χ0n) is 18.3. The first kappa shape index (κ1) is 25.9. The molecule has 1 heterocycles. The summed E-state index contributed by atoms with van der Waals surface area (Å²) in [5, 5.41) is 3.14. The number of rotatable bonds is 9. The molecular formula is C22H27Cl2FN4O3S. The lowest BCUT2D eigenvalue weighted by Crippen LogP contribution is -2.46. The Labute approximate surface area is 203 Å². The summed E-state index contributed by atoms with van der Waals surface area (Å²) < 4.78 is 41.6. The molecular weight excluding hydrogens is 490 g/mol. The Morgan fingerprint density at radius 2 is 1.76 bits per heavy atom. The van der Waals surface area contributed by atoms with Crippen LogP contribution in [-0.2, 0) is 21.4 Å². The van der Waals surface area contributed by atoms with Gasteiger partial charge in [0.25, 0.3) is 0 Å². The monoisotopic (exact) mass is 516 g/mol. The number of hydrogen-bond acceptors (Lipinski definition) is 5. The molecule has 0 unspecified atom stereocenters. The fourth-order valence-electron chi connectivity index (χ4n) is 3.62. The van der Waals surface area contributed by atoms with E-state index in [1.165, 1.54) is 31.2 Å². The van der Waals surface area contributed by atoms with Crippen LogP contribution in [-0.4, -0.2) is 63.4 Å². The van der Waals surface area contributed by atoms with Crippen LogP contribution in [0.4, 0.5) is 10.1 Å². The second-order valence-corrected chi connectivity index (χ2v) is 10.5. The highest BCUT2D eigenvalue weighted by Gasteiger charge is 2.20. The Morgan fingerprint density at radius 3 is 2.39 bits per heavy atom. The van der Waals surface area contributed by atoms with Crippen LogP contribution in [0.1, 0.15) is 18.9 Å². The molecule has 0 spiro atoms. The predicted molar refractivity (Wildman–Crippen MR) is 129 cm³/mol. The van der Waals surface area contributed by atoms with Gasteiger partial charge in [-0.15, -0.1) is 0 Å². The molecule has 2 aromatic rings. The van der Waals surface area contributed by atoms with E-state index < -0.39 is 10.0 Å². The van der Waals surface area contributed by atoms with Crippen LogP contribution < -0.4 is 10.0 Å². The Bertz CT molecular complexity index is 1070. The van der Waals surface area contributed by atoms with Gasteiger partial charge in [-0.25, -0.2) is 17.5 Å². The molecule has 7 nitrogen and oxygen atoms in total. The molecule has 2 N–H and O–H groups in total. The van der Waals surface area contributed by atoms with Crippen molar-refractivity contribution in [2.45, 2.75) is 24.8 Å². The first-order chi connectivity index (χ1) is 15.7. The van der Waals surface area contributed by atoms with Crippen LogP contribution in [0.3, 0.4) is 0 Å². The van der Waals surface area contributed by atoms with Crippen molar-refractivity contribution < 1.29 is 17.6 Å². The van der Waals surface area contributed by atoms with Crippen molar-refractivity contribution in [2.75, 3.05) is 44.6 Å². The quantitative estimate of drug-likeness (QED) is 0.497. The molecule has 11 heteroatoms. The number of carbonyl (C=O) groups excluding carboxylic acids is 1. The number of carbonyl (C=O) groups is 1. The number of nitrogens with zero attached hydrogens (tertiary/aromatic N) is 2. The van der Waals surface area contributed by atoms with Gasteiger partial charge in [0.2, 0.25) is 15.9 Å². The standard InChI is InChI=1S/C22H27Cl2FN4O3S/c1-16(30)27-22-7-6-17(14-20(22)24)33(31,32)26-8-3-9-28-10-12-29(13-11-28)15-18-19(23)4-2-5-21(18)25/h2,4-7,14,26H,3,8-13,15H2,1H3,(H,27,30). The zero-order valence-corrected chi connectivity index (χ0v) is 20.6. The number of sulfonamides is 1. The van der Waals surface area contributed by atoms with Gasteiger partial charge < -0.3 is 10.2 Å². The molecule has 1 saturated heterocycles. The van der Waals surface area contributed by atoms with Gasteiger partial charge in [0, 0.05) is 56.8 Å². The third kappa shape index (κ3) is 7.37. The van der Waals surface area contributed by atoms with E-state index in [1.807, 2.05) is 0 Å². The number of nitrogens with one attached hydrogen (secondary N) is 2. The van der Waals surface area contributed by atoms with Gasteiger partial charge in [-0.2, -0.15) is 0 Å². The van der Waals surface area contributed by atoms with E-state index in [4.69, 9.17) is 23.2 Å². The van der Waals surface area contributed by atoms with Crippen LogP contribution >= 0.6 is 23.2 Å². The lowest BCUT2D eigenvalue weighted by Gasteiger charge is -2.34. The molecule has 0 aromatic heterocycles. The van der Waals surface area contributed by atoms with Crippen molar-refractivity contribution in [3.63, 3.8) is 0 Å². The van der Waals surface area contributed by atoms with Crippen LogP contribution in [0.25, 0.3) is 0 Å². The molecule has 1 aliphatic heterocycles. The number of hydrogen-bond donors (Lipinski definition) is 2. The maximum atomic E-state index is 14.0. The maximum Gasteiger partial charge on any atom is 0.240 e. The average Bonchev–Trinajstić information content (AvgIpc) is 2.76. The van der Waals surface area contributed by atoms with Crippen molar-refractivity contribution in [2.24, 2.45) is 0 Å². The molecule has 180 valence electrons. The second kappa shape index (κ2) is 11.6. The van der Waals surface area contributed by atoms with E-state index >= 15 is 0 Å². The highest BCUT2D eigenvalue weighted by molar-refractivity contribution is 7.89. The summed E-state index contributed by atoms with van der Waals surface area (Å²) in [6, 6.07) is 8.90. The SMILES string of the molecule is CC(=O)Nc1ccc(S(=O)(=O)NCCCN2CCN(Cc3c(F)cccc3Cl)CC2)cc1Cl. The van der Waals surface area contributed by atoms with E-state index in [0.717, 1.165) is 32.7 Å². The van der Waals surface area contributed by atoms with Crippen molar-refractivity contribution in [1.82, 2.24) is 14.5 Å². The molecule has 0 atom stereocenters. The molecule has 1 aliphatic rings. The molecule has 1 fully saturated rings. The summed E-state index contributed by atoms with van der Waals surface area (Å²) in [4.78, 5) is 15.6. The molecule has 0 radical (unpaired) electrons. The normalized spacial score (nSPS) is 15.5. The van der Waals surface area contributed by atoms with Gasteiger partial charge in [0.1, 0.15) is 5.82 Å². The van der Waals surface area contributed by atoms with Crippen LogP contribution in [0.2, 0.25) is 10.0 Å². The van der Waals surface area contributed by atoms with Crippen molar-refractivity contribution in [3.05, 3.63) is 57.8 Å². The van der Waals surface area contributed by atoms with E-state index in [-0.39, 0.29) is 21.6 Å². The highest BCUT2D eigenvalue weighted by atomic mass is 35.5. The number of anilines is 1. The molecule has 0 bridgehead atoms. The Balaban J connectivity index is 1.41. The molecule has 2 aromatic carbocycles. The molecule has 3 rings (SSSR count). The largest absolute Gasteiger partial charge is 0.325 e. The number of amides is 1. The minimum absolute atomic E-state index is 0.0435. The van der Waals surface area contributed by atoms with Crippen LogP contribution in [0.15, 0.2) is 41.3 Å². The summed E-state index contributed by atoms with van der Waals surface area (Å²) in [5.74, 6) is -0.578. The molecule has 1 amide bonds. The first-order valence-electron chi connectivity index (χ1n) is 10.6. The second-order valence-electron chi connectivity index (χ2n) is 7.89. The highest BCUT2D eigenvalue weighted by Crippen LogP contribution is 2.25. The van der Waals surface area contributed by atoms with Crippen LogP contribution in [0, 0.1) is 5.82 Å². The lowest BCUT2D eigenvalue weighted by molar-refractivity contribution is -0.114. The summed E-state index contributed by atoms with van der Waals surface area (Å²) in [6.07, 6.45) is 0.649. The van der Waals surface area contributed by atoms with Gasteiger partial charge in [0.15, 0.2) is 0 Å². The minimum atomic E-state index is -3.70. The van der Waals surface area contributed by atoms with E-state index in [0.29, 0.717) is 35.8 Å². The summed E-state index contributed by atoms with van der Waals surface area (Å²) >= 11 is 12.2. The first-order valence-corrected chi connectivity index (χ1v) is 12.8. The van der Waals surface area contributed by atoms with Gasteiger partial charge in [-0.3, -0.25) is 9.69 Å². The van der Waals surface area contributed by atoms with Gasteiger partial charge in [0.05, 0.1) is 15.6 Å². The van der Waals surface area contributed by atoms with E-state index in [2.05, 4.69) is 19.8 Å². The van der Waals surface area contributed by atoms with E-state index in [1.54, 1.807) is 12.1 Å². The van der Waals surface area contributed by atoms with Gasteiger partial charge >= 0.3 is 0 Å². The van der Waals surface area contributed by atoms with Crippen LogP contribution in [0.5, 0.6) is 0 Å². The summed E-state index contributed by atoms with van der Waals surface area (Å²) in [5.41, 5.74) is 0.881. The predicted octanol–water partition coefficient (Wildman–Crippen LogP) is 3.58. The minimum Gasteiger partial charge on any atom is -0.325 e. The maximum absolute atomic E-state index is 14.0. The topological polar surface area (TPSA) is 81.7 Å². The van der Waals surface area contributed by atoms with Gasteiger partial charge in [-0.1, -0.05) is 29.3 Å². The molecule has 0 aliphatic carbocycles. The fraction of sp³-hybridized carbons (Fsp3) is 0.409. The Kier molecular flexibility index (Phi) is 9.09. The molecule has 33 heavy (non-hydrogen) atoms. The number of benzene rings is 2. The number of piperazine rings is 1. The zero-order chi connectivity index (χ0) is 24.0. The third-order valence-corrected chi connectivity index (χ3v) is 7.54. The fourth-order valence-corrected chi connectivity index (χ4v) is 5.24. The summed E-state index contributed by atoms with van der Waals surface area (Å²) in [7, 11) is -3.70. The lowest BCUT2D eigenvalue weighted by atomic mass is 10.2. The number of halogens is 3. The third-order valence-electron chi connectivity index (χ3n) is 5.41. The van der Waals surface area contributed by atoms with E-state index in [9.17, 15) is 17.6 Å².